The summed E-state index contributed by atoms with van der Waals surface area (Å²) in [4.78, 5) is 5.16. The summed E-state index contributed by atoms with van der Waals surface area (Å²) in [7, 11) is 0. The molecule has 0 fully saturated rings. The smallest absolute Gasteiger partial charge is 0.362 e. The van der Waals surface area contributed by atoms with Crippen molar-refractivity contribution in [2.45, 2.75) is 31.9 Å². The molecule has 2 rings (SSSR count). The van der Waals surface area contributed by atoms with Crippen LogP contribution in [0.2, 0.25) is 0 Å². The Hall–Kier alpha value is -1.78. The molecule has 5 heteroatoms. The van der Waals surface area contributed by atoms with E-state index >= 15 is 0 Å². The monoisotopic (exact) mass is 269 g/mol. The van der Waals surface area contributed by atoms with E-state index in [1.165, 1.54) is 12.3 Å². The highest BCUT2D eigenvalue weighted by Crippen LogP contribution is 2.29. The van der Waals surface area contributed by atoms with Crippen LogP contribution in [-0.4, -0.2) is 6.21 Å². The maximum absolute atomic E-state index is 12.5. The van der Waals surface area contributed by atoms with Gasteiger partial charge in [0.25, 0.3) is 0 Å². The molecule has 0 bridgehead atoms. The molecule has 0 saturated heterocycles. The first-order valence-corrected chi connectivity index (χ1v) is 6.12. The predicted octanol–water partition coefficient (Wildman–Crippen LogP) is 4.51. The van der Waals surface area contributed by atoms with Crippen molar-refractivity contribution < 1.29 is 18.0 Å². The number of rotatable bonds is 3. The summed E-state index contributed by atoms with van der Waals surface area (Å²) in [6, 6.07) is 4.98. The topological polar surface area (TPSA) is 21.6 Å². The van der Waals surface area contributed by atoms with E-state index < -0.39 is 11.7 Å². The molecule has 1 aliphatic carbocycles. The van der Waals surface area contributed by atoms with E-state index in [1.807, 2.05) is 6.08 Å². The number of allylic oxidation sites excluding steroid dienone is 2. The lowest BCUT2D eigenvalue weighted by molar-refractivity contribution is -0.137. The Morgan fingerprint density at radius 3 is 2.74 bits per heavy atom. The van der Waals surface area contributed by atoms with Crippen LogP contribution < -0.4 is 0 Å². The molecule has 2 nitrogen and oxygen atoms in total. The normalized spacial score (nSPS) is 16.5. The highest BCUT2D eigenvalue weighted by Gasteiger charge is 2.30. The molecule has 0 unspecified atom stereocenters. The van der Waals surface area contributed by atoms with E-state index in [-0.39, 0.29) is 0 Å². The summed E-state index contributed by atoms with van der Waals surface area (Å²) in [5.41, 5.74) is -0.320. The van der Waals surface area contributed by atoms with Crippen LogP contribution in [0.4, 0.5) is 13.2 Å². The zero-order valence-corrected chi connectivity index (χ0v) is 10.3. The summed E-state index contributed by atoms with van der Waals surface area (Å²) in [5, 5.41) is 3.73. The van der Waals surface area contributed by atoms with Crippen molar-refractivity contribution in [3.05, 3.63) is 47.2 Å². The second-order valence-corrected chi connectivity index (χ2v) is 4.37. The van der Waals surface area contributed by atoms with Crippen molar-refractivity contribution in [1.82, 2.24) is 0 Å². The van der Waals surface area contributed by atoms with Gasteiger partial charge in [-0.25, -0.2) is 0 Å². The lowest BCUT2D eigenvalue weighted by Crippen LogP contribution is -2.05. The third kappa shape index (κ3) is 4.12. The molecule has 0 N–H and O–H groups in total. The summed E-state index contributed by atoms with van der Waals surface area (Å²) < 4.78 is 37.5. The molecule has 0 heterocycles. The Morgan fingerprint density at radius 1 is 1.21 bits per heavy atom. The zero-order chi connectivity index (χ0) is 13.7. The van der Waals surface area contributed by atoms with E-state index in [4.69, 9.17) is 4.84 Å². The largest absolute Gasteiger partial charge is 0.416 e. The van der Waals surface area contributed by atoms with Gasteiger partial charge < -0.3 is 4.84 Å². The standard InChI is InChI=1S/C14H14F3NO/c15-14(16,17)12-6-4-5-11(9-12)10-18-19-13-7-2-1-3-8-13/h4-7,9-10H,1-3,8H2. The van der Waals surface area contributed by atoms with Gasteiger partial charge in [-0.3, -0.25) is 0 Å². The maximum Gasteiger partial charge on any atom is 0.416 e. The Labute approximate surface area is 109 Å². The fourth-order valence-corrected chi connectivity index (χ4v) is 1.84. The minimum atomic E-state index is -4.34. The quantitative estimate of drug-likeness (QED) is 0.584. The molecule has 1 aliphatic rings. The van der Waals surface area contributed by atoms with Crippen LogP contribution in [0, 0.1) is 0 Å². The number of hydrogen-bond acceptors (Lipinski definition) is 2. The Balaban J connectivity index is 2.00. The molecule has 102 valence electrons. The van der Waals surface area contributed by atoms with E-state index in [2.05, 4.69) is 5.16 Å². The SMILES string of the molecule is FC(F)(F)c1cccc(C=NOC2=CCCCC2)c1. The first-order chi connectivity index (χ1) is 9.05. The van der Waals surface area contributed by atoms with Crippen molar-refractivity contribution in [2.75, 3.05) is 0 Å². The van der Waals surface area contributed by atoms with Crippen LogP contribution in [0.3, 0.4) is 0 Å². The van der Waals surface area contributed by atoms with Gasteiger partial charge >= 0.3 is 6.18 Å². The van der Waals surface area contributed by atoms with Gasteiger partial charge in [0, 0.05) is 6.42 Å². The van der Waals surface area contributed by atoms with Crippen molar-refractivity contribution in [3.63, 3.8) is 0 Å². The van der Waals surface area contributed by atoms with E-state index in [9.17, 15) is 13.2 Å². The second-order valence-electron chi connectivity index (χ2n) is 4.37. The Morgan fingerprint density at radius 2 is 2.05 bits per heavy atom. The number of oxime groups is 1. The molecule has 0 amide bonds. The van der Waals surface area contributed by atoms with E-state index in [0.29, 0.717) is 5.56 Å². The average molecular weight is 269 g/mol. The summed E-state index contributed by atoms with van der Waals surface area (Å²) in [6.45, 7) is 0. The predicted molar refractivity (Wildman–Crippen MR) is 66.7 cm³/mol. The van der Waals surface area contributed by atoms with E-state index in [0.717, 1.165) is 43.6 Å². The molecule has 0 atom stereocenters. The van der Waals surface area contributed by atoms with Gasteiger partial charge in [0.2, 0.25) is 0 Å². The highest BCUT2D eigenvalue weighted by atomic mass is 19.4. The van der Waals surface area contributed by atoms with Gasteiger partial charge in [0.1, 0.15) is 5.76 Å². The first-order valence-electron chi connectivity index (χ1n) is 6.12. The fraction of sp³-hybridized carbons (Fsp3) is 0.357. The maximum atomic E-state index is 12.5. The van der Waals surface area contributed by atoms with Gasteiger partial charge in [0.15, 0.2) is 0 Å². The van der Waals surface area contributed by atoms with Crippen LogP contribution in [0.15, 0.2) is 41.3 Å². The van der Waals surface area contributed by atoms with Crippen LogP contribution >= 0.6 is 0 Å². The number of halogens is 3. The second kappa shape index (κ2) is 5.91. The number of benzene rings is 1. The summed E-state index contributed by atoms with van der Waals surface area (Å²) in [6.07, 6.45) is 2.93. The molecule has 1 aromatic carbocycles. The van der Waals surface area contributed by atoms with Crippen molar-refractivity contribution in [2.24, 2.45) is 5.16 Å². The third-order valence-electron chi connectivity index (χ3n) is 2.83. The van der Waals surface area contributed by atoms with Gasteiger partial charge in [-0.05, 0) is 43.0 Å². The molecule has 0 aliphatic heterocycles. The molecule has 0 spiro atoms. The fourth-order valence-electron chi connectivity index (χ4n) is 1.84. The zero-order valence-electron chi connectivity index (χ0n) is 10.3. The van der Waals surface area contributed by atoms with Crippen LogP contribution in [0.5, 0.6) is 0 Å². The molecule has 0 saturated carbocycles. The number of nitrogens with zero attached hydrogens (tertiary/aromatic N) is 1. The molecule has 0 radical (unpaired) electrons. The summed E-state index contributed by atoms with van der Waals surface area (Å²) in [5.74, 6) is 0.787. The minimum absolute atomic E-state index is 0.367. The summed E-state index contributed by atoms with van der Waals surface area (Å²) >= 11 is 0. The lowest BCUT2D eigenvalue weighted by Gasteiger charge is -2.09. The number of alkyl halides is 3. The van der Waals surface area contributed by atoms with Crippen LogP contribution in [-0.2, 0) is 11.0 Å². The highest BCUT2D eigenvalue weighted by molar-refractivity contribution is 5.79. The Kier molecular flexibility index (Phi) is 4.24. The molecule has 1 aromatic rings. The van der Waals surface area contributed by atoms with Gasteiger partial charge in [-0.2, -0.15) is 13.2 Å². The first kappa shape index (κ1) is 13.6. The molecular formula is C14H14F3NO. The molecule has 0 aromatic heterocycles. The van der Waals surface area contributed by atoms with Crippen molar-refractivity contribution in [1.29, 1.82) is 0 Å². The van der Waals surface area contributed by atoms with Gasteiger partial charge in [-0.1, -0.05) is 17.3 Å². The van der Waals surface area contributed by atoms with Gasteiger partial charge in [-0.15, -0.1) is 0 Å². The molecular weight excluding hydrogens is 255 g/mol. The minimum Gasteiger partial charge on any atom is -0.362 e. The van der Waals surface area contributed by atoms with Crippen LogP contribution in [0.25, 0.3) is 0 Å². The number of hydrogen-bond donors (Lipinski definition) is 0. The Bertz CT molecular complexity index is 492. The van der Waals surface area contributed by atoms with Gasteiger partial charge in [0.05, 0.1) is 11.8 Å². The van der Waals surface area contributed by atoms with E-state index in [1.54, 1.807) is 6.07 Å². The van der Waals surface area contributed by atoms with Crippen LogP contribution in [0.1, 0.15) is 36.8 Å². The molecule has 19 heavy (non-hydrogen) atoms. The third-order valence-corrected chi connectivity index (χ3v) is 2.83. The average Bonchev–Trinajstić information content (AvgIpc) is 2.39. The van der Waals surface area contributed by atoms with Crippen molar-refractivity contribution >= 4 is 6.21 Å². The van der Waals surface area contributed by atoms with Crippen molar-refractivity contribution in [3.8, 4) is 0 Å². The lowest BCUT2D eigenvalue weighted by atomic mass is 10.1.